The lowest BCUT2D eigenvalue weighted by Crippen LogP contribution is -2.30. The fourth-order valence-corrected chi connectivity index (χ4v) is 8.12. The molecule has 79 heavy (non-hydrogen) atoms. The van der Waals surface area contributed by atoms with Gasteiger partial charge in [0.2, 0.25) is 5.95 Å². The van der Waals surface area contributed by atoms with Crippen LogP contribution in [0.3, 0.4) is 0 Å². The molecule has 2 aliphatic rings. The number of hydrogen-bond donors (Lipinski definition) is 3. The molecule has 4 N–H and O–H groups in total. The van der Waals surface area contributed by atoms with Crippen molar-refractivity contribution in [1.82, 2.24) is 40.0 Å². The van der Waals surface area contributed by atoms with Crippen molar-refractivity contribution in [2.75, 3.05) is 52.5 Å². The first-order chi connectivity index (χ1) is 37.8. The van der Waals surface area contributed by atoms with E-state index in [1.54, 1.807) is 54.7 Å². The molecule has 19 heteroatoms. The van der Waals surface area contributed by atoms with Gasteiger partial charge >= 0.3 is 0 Å². The van der Waals surface area contributed by atoms with Crippen LogP contribution in [-0.4, -0.2) is 105 Å². The number of carbonyl (C=O) groups excluding carboxylic acids is 4. The first-order valence-electron chi connectivity index (χ1n) is 24.4. The highest BCUT2D eigenvalue weighted by Crippen LogP contribution is 2.24. The van der Waals surface area contributed by atoms with Gasteiger partial charge in [0.05, 0.1) is 45.7 Å². The van der Waals surface area contributed by atoms with Crippen LogP contribution in [0.4, 0.5) is 24.8 Å². The lowest BCUT2D eigenvalue weighted by Gasteiger charge is -2.10. The van der Waals surface area contributed by atoms with E-state index >= 15 is 0 Å². The second-order valence-electron chi connectivity index (χ2n) is 18.3. The van der Waals surface area contributed by atoms with E-state index in [4.69, 9.17) is 17.3 Å². The molecule has 2 aromatic heterocycles. The van der Waals surface area contributed by atoms with Gasteiger partial charge in [0.25, 0.3) is 23.6 Å². The van der Waals surface area contributed by atoms with Crippen LogP contribution >= 0.6 is 27.5 Å². The van der Waals surface area contributed by atoms with Crippen LogP contribution in [-0.2, 0) is 19.5 Å². The number of imide groups is 2. The summed E-state index contributed by atoms with van der Waals surface area (Å²) in [5.41, 5.74) is 14.1. The number of nitrogens with zero attached hydrogens (tertiary/aromatic N) is 7. The van der Waals surface area contributed by atoms with Gasteiger partial charge in [-0.2, -0.15) is 0 Å². The molecule has 0 bridgehead atoms. The standard InChI is InChI=1S/C21H23FN4.C17H17BrN4.C11H8FNO2.C8H5NO2.C3H4ClF/c1-26(2)14-16-5-3-15(4-6-16)11-21-24-13-18-9-17(10-19(22)12-23)7-8-20(18)25-21;1-22(2)11-12-3-6-15(7-4-12)20-17-19-10-13-9-14(18)5-8-16(13)21-17;1-7(12)6-13-10(14)8-4-2-3-5-9(8)11(13)15;10-7-5-3-1-2-4-6(5)8(11)9-7;1-3(5)2-4/h3-10,13H,11-12,14,23H2,1-2H3;3-10H,11H2,1-2H3,(H,19,20,21);2-5H,1,6H2;1-4H,(H,9,10,11);1-2H2/b19-10-;;;;. The van der Waals surface area contributed by atoms with E-state index in [1.807, 2.05) is 54.7 Å². The van der Waals surface area contributed by atoms with Crippen molar-refractivity contribution in [2.24, 2.45) is 5.73 Å². The summed E-state index contributed by atoms with van der Waals surface area (Å²) in [4.78, 5) is 68.3. The maximum Gasteiger partial charge on any atom is 0.261 e. The molecule has 0 atom stereocenters. The number of carbonyl (C=O) groups is 4. The first kappa shape index (κ1) is 60.0. The van der Waals surface area contributed by atoms with Gasteiger partial charge < -0.3 is 20.9 Å². The summed E-state index contributed by atoms with van der Waals surface area (Å²) < 4.78 is 38.0. The van der Waals surface area contributed by atoms with E-state index in [1.165, 1.54) is 22.8 Å². The number of nitrogens with two attached hydrogens (primary N) is 1. The third-order valence-electron chi connectivity index (χ3n) is 11.3. The molecule has 0 fully saturated rings. The van der Waals surface area contributed by atoms with Crippen LogP contribution in [0.25, 0.3) is 27.9 Å². The van der Waals surface area contributed by atoms with Crippen molar-refractivity contribution >= 4 is 90.7 Å². The Kier molecular flexibility index (Phi) is 22.0. The third-order valence-corrected chi connectivity index (χ3v) is 12.1. The molecule has 0 saturated carbocycles. The van der Waals surface area contributed by atoms with Gasteiger partial charge in [-0.25, -0.2) is 33.1 Å². The predicted octanol–water partition coefficient (Wildman–Crippen LogP) is 11.8. The van der Waals surface area contributed by atoms with E-state index in [-0.39, 0.29) is 36.6 Å². The lowest BCUT2D eigenvalue weighted by molar-refractivity contribution is 0.0659. The molecular formula is C60H57BrClF3N10O4. The summed E-state index contributed by atoms with van der Waals surface area (Å²) in [5, 5.41) is 7.35. The normalized spacial score (nSPS) is 12.3. The van der Waals surface area contributed by atoms with Gasteiger partial charge in [0.15, 0.2) is 0 Å². The average Bonchev–Trinajstić information content (AvgIpc) is 3.92. The Morgan fingerprint density at radius 1 is 0.671 bits per heavy atom. The van der Waals surface area contributed by atoms with Crippen LogP contribution < -0.4 is 16.4 Å². The number of allylic oxidation sites excluding steroid dienone is 1. The molecule has 14 nitrogen and oxygen atoms in total. The third kappa shape index (κ3) is 17.9. The number of nitrogens with one attached hydrogen (secondary N) is 2. The Balaban J connectivity index is 0.000000172. The van der Waals surface area contributed by atoms with E-state index in [2.05, 4.69) is 134 Å². The van der Waals surface area contributed by atoms with Gasteiger partial charge in [0, 0.05) is 59.4 Å². The van der Waals surface area contributed by atoms with Crippen molar-refractivity contribution < 1.29 is 32.3 Å². The van der Waals surface area contributed by atoms with Crippen molar-refractivity contribution in [3.05, 3.63) is 231 Å². The van der Waals surface area contributed by atoms with Crippen LogP contribution in [0.15, 0.2) is 181 Å². The van der Waals surface area contributed by atoms with Crippen molar-refractivity contribution in [2.45, 2.75) is 19.5 Å². The molecule has 4 heterocycles. The van der Waals surface area contributed by atoms with Gasteiger partial charge in [-0.15, -0.1) is 11.6 Å². The highest BCUT2D eigenvalue weighted by molar-refractivity contribution is 9.10. The zero-order chi connectivity index (χ0) is 57.2. The van der Waals surface area contributed by atoms with Crippen molar-refractivity contribution in [1.29, 1.82) is 0 Å². The fourth-order valence-electron chi connectivity index (χ4n) is 7.74. The van der Waals surface area contributed by atoms with E-state index in [9.17, 15) is 32.3 Å². The minimum atomic E-state index is -0.704. The Morgan fingerprint density at radius 3 is 1.70 bits per heavy atom. The molecular weight excluding hydrogens is 1100 g/mol. The molecule has 0 unspecified atom stereocenters. The molecule has 4 amide bonds. The molecule has 2 aliphatic heterocycles. The zero-order valence-electron chi connectivity index (χ0n) is 43.8. The Bertz CT molecular complexity index is 3460. The van der Waals surface area contributed by atoms with Crippen molar-refractivity contribution in [3.63, 3.8) is 0 Å². The quantitative estimate of drug-likeness (QED) is 0.0736. The highest BCUT2D eigenvalue weighted by Gasteiger charge is 2.35. The number of aromatic nitrogens is 4. The Hall–Kier alpha value is -8.26. The second kappa shape index (κ2) is 28.9. The van der Waals surface area contributed by atoms with Crippen LogP contribution in [0.5, 0.6) is 0 Å². The first-order valence-corrected chi connectivity index (χ1v) is 25.7. The van der Waals surface area contributed by atoms with Crippen LogP contribution in [0, 0.1) is 0 Å². The number of hydrogen-bond acceptors (Lipinski definition) is 12. The Labute approximate surface area is 469 Å². The maximum absolute atomic E-state index is 13.3. The van der Waals surface area contributed by atoms with E-state index < -0.39 is 23.5 Å². The molecule has 8 aromatic rings. The molecule has 0 saturated heterocycles. The number of alkyl halides is 1. The zero-order valence-corrected chi connectivity index (χ0v) is 46.2. The molecule has 0 aliphatic carbocycles. The summed E-state index contributed by atoms with van der Waals surface area (Å²) in [5.74, 6) is -1.76. The summed E-state index contributed by atoms with van der Waals surface area (Å²) in [6, 6.07) is 41.6. The summed E-state index contributed by atoms with van der Waals surface area (Å²) in [7, 11) is 8.24. The smallest absolute Gasteiger partial charge is 0.261 e. The topological polar surface area (TPSA) is 180 Å². The monoisotopic (exact) mass is 1150 g/mol. The van der Waals surface area contributed by atoms with Crippen LogP contribution in [0.1, 0.15) is 69.5 Å². The summed E-state index contributed by atoms with van der Waals surface area (Å²) in [6.07, 6.45) is 5.73. The van der Waals surface area contributed by atoms with Gasteiger partial charge in [0.1, 0.15) is 23.3 Å². The SMILES string of the molecule is C=C(F)CCl.C=C(F)CN1C(=O)c2ccccc2C1=O.CN(C)Cc1ccc(Cc2ncc3cc(/C=C(\F)CN)ccc3n2)cc1.CN(C)Cc1ccc(Nc2ncc3cc(Br)ccc3n2)cc1.O=C1NC(=O)c2ccccc21. The minimum absolute atomic E-state index is 0.0833. The van der Waals surface area contributed by atoms with Gasteiger partial charge in [-0.05, 0) is 123 Å². The number of fused-ring (bicyclic) bond motifs is 4. The number of halogens is 5. The maximum atomic E-state index is 13.3. The van der Waals surface area contributed by atoms with Crippen LogP contribution in [0.2, 0.25) is 0 Å². The number of benzene rings is 6. The Morgan fingerprint density at radius 2 is 1.16 bits per heavy atom. The van der Waals surface area contributed by atoms with E-state index in [0.29, 0.717) is 34.6 Å². The average molecular weight is 1150 g/mol. The highest BCUT2D eigenvalue weighted by atomic mass is 79.9. The minimum Gasteiger partial charge on any atom is -0.325 e. The molecule has 406 valence electrons. The second-order valence-corrected chi connectivity index (χ2v) is 19.5. The molecule has 6 aromatic carbocycles. The number of rotatable bonds is 13. The molecule has 10 rings (SSSR count). The van der Waals surface area contributed by atoms with Gasteiger partial charge in [-0.3, -0.25) is 29.4 Å². The molecule has 0 spiro atoms. The van der Waals surface area contributed by atoms with E-state index in [0.717, 1.165) is 61.3 Å². The fraction of sp³-hybridized carbons (Fsp3) is 0.167. The summed E-state index contributed by atoms with van der Waals surface area (Å²) >= 11 is 8.32. The number of anilines is 2. The lowest BCUT2D eigenvalue weighted by atomic mass is 10.1. The predicted molar refractivity (Wildman–Crippen MR) is 310 cm³/mol. The van der Waals surface area contributed by atoms with Gasteiger partial charge in [-0.1, -0.05) is 95.8 Å². The number of amides is 4. The summed E-state index contributed by atoms with van der Waals surface area (Å²) in [6.45, 7) is 7.30. The largest absolute Gasteiger partial charge is 0.325 e. The molecule has 0 radical (unpaired) electrons. The van der Waals surface area contributed by atoms with Crippen molar-refractivity contribution in [3.8, 4) is 0 Å².